The molecule has 3 heterocycles. The predicted octanol–water partition coefficient (Wildman–Crippen LogP) is 0.516. The number of para-hydroxylation sites is 1. The van der Waals surface area contributed by atoms with Gasteiger partial charge >= 0.3 is 0 Å². The van der Waals surface area contributed by atoms with Gasteiger partial charge < -0.3 is 14.7 Å². The molecule has 1 aromatic heterocycles. The minimum Gasteiger partial charge on any atom is -0.492 e. The molecule has 0 radical (unpaired) electrons. The Balaban J connectivity index is 1.59. The zero-order valence-corrected chi connectivity index (χ0v) is 20.6. The number of likely N-dealkylation sites (N-methyl/N-ethyl adjacent to an activating group) is 1. The first-order valence-corrected chi connectivity index (χ1v) is 14.0. The van der Waals surface area contributed by atoms with Gasteiger partial charge in [-0.1, -0.05) is 12.1 Å². The number of piperidine rings is 1. The number of fused-ring (bicyclic) bond motifs is 1. The molecule has 1 atom stereocenters. The van der Waals surface area contributed by atoms with Crippen molar-refractivity contribution in [3.8, 4) is 5.75 Å². The maximum Gasteiger partial charge on any atom is 0.244 e. The summed E-state index contributed by atoms with van der Waals surface area (Å²) in [6.45, 7) is 1.55. The molecule has 1 unspecified atom stereocenters. The number of hydrogen-bond acceptors (Lipinski definition) is 8. The first-order valence-electron chi connectivity index (χ1n) is 11.1. The molecule has 12 heteroatoms. The van der Waals surface area contributed by atoms with E-state index in [0.717, 1.165) is 0 Å². The second-order valence-electron chi connectivity index (χ2n) is 9.03. The molecular weight excluding hydrogens is 480 g/mol. The van der Waals surface area contributed by atoms with Gasteiger partial charge in [0, 0.05) is 50.5 Å². The van der Waals surface area contributed by atoms with Gasteiger partial charge in [0.2, 0.25) is 20.0 Å². The SMILES string of the molecule is CN1CC(O)CNS(=O)(=O)c2ccccc2OCC2(CCN(S(=O)(=O)c3cccnc3)CC2)C1. The summed E-state index contributed by atoms with van der Waals surface area (Å²) < 4.78 is 61.7. The first-order chi connectivity index (χ1) is 16.1. The van der Waals surface area contributed by atoms with Crippen LogP contribution in [-0.2, 0) is 20.0 Å². The number of nitrogens with zero attached hydrogens (tertiary/aromatic N) is 3. The Morgan fingerprint density at radius 2 is 1.91 bits per heavy atom. The number of sulfonamides is 2. The van der Waals surface area contributed by atoms with Crippen LogP contribution in [0.15, 0.2) is 58.6 Å². The standard InChI is InChI=1S/C22H30N4O6S2/c1-25-15-18(27)13-24-33(28,29)21-7-3-2-6-20(21)32-17-22(16-25)8-11-26(12-9-22)34(30,31)19-5-4-10-23-14-19/h2-7,10,14,18,24,27H,8-9,11-13,15-17H2,1H3. The van der Waals surface area contributed by atoms with E-state index in [2.05, 4.69) is 9.71 Å². The summed E-state index contributed by atoms with van der Waals surface area (Å²) in [7, 11) is -5.66. The van der Waals surface area contributed by atoms with E-state index < -0.39 is 31.6 Å². The van der Waals surface area contributed by atoms with Crippen molar-refractivity contribution in [1.82, 2.24) is 18.9 Å². The molecule has 2 N–H and O–H groups in total. The fraction of sp³-hybridized carbons (Fsp3) is 0.500. The summed E-state index contributed by atoms with van der Waals surface area (Å²) in [5.41, 5.74) is -0.418. The molecular formula is C22H30N4O6S2. The molecule has 1 saturated heterocycles. The van der Waals surface area contributed by atoms with Crippen LogP contribution in [0.3, 0.4) is 0 Å². The highest BCUT2D eigenvalue weighted by atomic mass is 32.2. The summed E-state index contributed by atoms with van der Waals surface area (Å²) >= 11 is 0. The van der Waals surface area contributed by atoms with E-state index in [4.69, 9.17) is 4.74 Å². The summed E-state index contributed by atoms with van der Waals surface area (Å²) in [5.74, 6) is 0.234. The molecule has 2 aliphatic rings. The largest absolute Gasteiger partial charge is 0.492 e. The first kappa shape index (κ1) is 25.0. The minimum absolute atomic E-state index is 0.0165. The highest BCUT2D eigenvalue weighted by molar-refractivity contribution is 7.89. The van der Waals surface area contributed by atoms with E-state index >= 15 is 0 Å². The second kappa shape index (κ2) is 9.88. The van der Waals surface area contributed by atoms with Gasteiger partial charge in [-0.15, -0.1) is 0 Å². The Morgan fingerprint density at radius 3 is 2.62 bits per heavy atom. The van der Waals surface area contributed by atoms with E-state index in [9.17, 15) is 21.9 Å². The predicted molar refractivity (Wildman–Crippen MR) is 125 cm³/mol. The summed E-state index contributed by atoms with van der Waals surface area (Å²) in [5, 5.41) is 10.4. The maximum atomic E-state index is 13.0. The highest BCUT2D eigenvalue weighted by Gasteiger charge is 2.41. The fourth-order valence-electron chi connectivity index (χ4n) is 4.57. The Kier molecular flexibility index (Phi) is 7.27. The van der Waals surface area contributed by atoms with Gasteiger partial charge in [-0.05, 0) is 44.2 Å². The number of ether oxygens (including phenoxy) is 1. The zero-order chi connectivity index (χ0) is 24.4. The molecule has 1 aromatic carbocycles. The van der Waals surface area contributed by atoms with Crippen molar-refractivity contribution < 1.29 is 26.7 Å². The van der Waals surface area contributed by atoms with E-state index in [0.29, 0.717) is 32.5 Å². The number of hydrogen-bond donors (Lipinski definition) is 2. The smallest absolute Gasteiger partial charge is 0.244 e. The van der Waals surface area contributed by atoms with Crippen molar-refractivity contribution in [2.45, 2.75) is 28.7 Å². The van der Waals surface area contributed by atoms with Crippen molar-refractivity contribution in [2.75, 3.05) is 46.4 Å². The third-order valence-electron chi connectivity index (χ3n) is 6.36. The van der Waals surface area contributed by atoms with E-state index in [1.807, 2.05) is 11.9 Å². The molecule has 10 nitrogen and oxygen atoms in total. The summed E-state index contributed by atoms with van der Waals surface area (Å²) in [6.07, 6.45) is 3.04. The third-order valence-corrected chi connectivity index (χ3v) is 9.71. The Hall–Kier alpha value is -2.09. The minimum atomic E-state index is -3.87. The number of aliphatic hydroxyl groups excluding tert-OH is 1. The van der Waals surface area contributed by atoms with Gasteiger partial charge in [0.1, 0.15) is 15.5 Å². The number of benzene rings is 1. The van der Waals surface area contributed by atoms with Crippen LogP contribution in [0.1, 0.15) is 12.8 Å². The monoisotopic (exact) mass is 510 g/mol. The van der Waals surface area contributed by atoms with Crippen molar-refractivity contribution in [3.05, 3.63) is 48.8 Å². The number of aromatic nitrogens is 1. The van der Waals surface area contributed by atoms with Gasteiger partial charge in [0.15, 0.2) is 0 Å². The van der Waals surface area contributed by atoms with Gasteiger partial charge in [-0.3, -0.25) is 4.98 Å². The normalized spacial score (nSPS) is 24.4. The van der Waals surface area contributed by atoms with Crippen molar-refractivity contribution in [2.24, 2.45) is 5.41 Å². The van der Waals surface area contributed by atoms with E-state index in [1.165, 1.54) is 28.8 Å². The average Bonchev–Trinajstić information content (AvgIpc) is 2.82. The number of β-amino-alcohol motifs (C(OH)–C–C–N with tert-alkyl or cyclic N) is 1. The van der Waals surface area contributed by atoms with Crippen molar-refractivity contribution in [1.29, 1.82) is 0 Å². The summed E-state index contributed by atoms with van der Waals surface area (Å²) in [6, 6.07) is 9.53. The molecule has 2 aliphatic heterocycles. The van der Waals surface area contributed by atoms with Crippen LogP contribution >= 0.6 is 0 Å². The molecule has 2 aromatic rings. The molecule has 0 amide bonds. The lowest BCUT2D eigenvalue weighted by Gasteiger charge is -2.43. The number of aliphatic hydroxyl groups is 1. The number of nitrogens with one attached hydrogen (secondary N) is 1. The van der Waals surface area contributed by atoms with Crippen LogP contribution in [0, 0.1) is 5.41 Å². The average molecular weight is 511 g/mol. The molecule has 34 heavy (non-hydrogen) atoms. The lowest BCUT2D eigenvalue weighted by atomic mass is 9.79. The molecule has 0 bridgehead atoms. The lowest BCUT2D eigenvalue weighted by Crippen LogP contribution is -2.51. The van der Waals surface area contributed by atoms with Gasteiger partial charge in [-0.25, -0.2) is 21.6 Å². The molecule has 4 rings (SSSR count). The van der Waals surface area contributed by atoms with Crippen LogP contribution in [0.25, 0.3) is 0 Å². The highest BCUT2D eigenvalue weighted by Crippen LogP contribution is 2.36. The van der Waals surface area contributed by atoms with Gasteiger partial charge in [0.05, 0.1) is 12.7 Å². The second-order valence-corrected chi connectivity index (χ2v) is 12.7. The van der Waals surface area contributed by atoms with Crippen LogP contribution in [0.5, 0.6) is 5.75 Å². The Labute approximate surface area is 200 Å². The summed E-state index contributed by atoms with van der Waals surface area (Å²) in [4.78, 5) is 6.05. The van der Waals surface area contributed by atoms with Crippen molar-refractivity contribution in [3.63, 3.8) is 0 Å². The Morgan fingerprint density at radius 1 is 1.18 bits per heavy atom. The van der Waals surface area contributed by atoms with Gasteiger partial charge in [0.25, 0.3) is 0 Å². The molecule has 0 saturated carbocycles. The molecule has 1 fully saturated rings. The van der Waals surface area contributed by atoms with Crippen LogP contribution in [0.2, 0.25) is 0 Å². The third kappa shape index (κ3) is 5.42. The zero-order valence-electron chi connectivity index (χ0n) is 19.0. The topological polar surface area (TPSA) is 129 Å². The van der Waals surface area contributed by atoms with Crippen LogP contribution < -0.4 is 9.46 Å². The van der Waals surface area contributed by atoms with Gasteiger partial charge in [-0.2, -0.15) is 4.31 Å². The van der Waals surface area contributed by atoms with Crippen LogP contribution in [0.4, 0.5) is 0 Å². The molecule has 0 aliphatic carbocycles. The van der Waals surface area contributed by atoms with Crippen molar-refractivity contribution >= 4 is 20.0 Å². The number of pyridine rings is 1. The quantitative estimate of drug-likeness (QED) is 0.598. The fourth-order valence-corrected chi connectivity index (χ4v) is 7.19. The van der Waals surface area contributed by atoms with Crippen LogP contribution in [-0.4, -0.2) is 88.6 Å². The molecule has 186 valence electrons. The Bertz CT molecular complexity index is 1200. The molecule has 1 spiro atoms. The van der Waals surface area contributed by atoms with E-state index in [-0.39, 0.29) is 35.2 Å². The number of rotatable bonds is 2. The maximum absolute atomic E-state index is 13.0. The van der Waals surface area contributed by atoms with E-state index in [1.54, 1.807) is 24.3 Å². The lowest BCUT2D eigenvalue weighted by molar-refractivity contribution is 0.0318.